The number of hydrogen-bond donors (Lipinski definition) is 4. The second kappa shape index (κ2) is 9.37. The molecule has 13 heteroatoms. The maximum absolute atomic E-state index is 13.3. The molecule has 1 aliphatic rings. The fraction of sp³-hybridized carbons (Fsp3) is 0.227. The molecule has 2 heterocycles. The largest absolute Gasteiger partial charge is 0.418 e. The maximum Gasteiger partial charge on any atom is 0.418 e. The third kappa shape index (κ3) is 5.77. The van der Waals surface area contributed by atoms with Crippen LogP contribution in [0.25, 0.3) is 0 Å². The molecular formula is C22H18ClF3N6O3. The summed E-state index contributed by atoms with van der Waals surface area (Å²) < 4.78 is 39.8. The van der Waals surface area contributed by atoms with Gasteiger partial charge in [-0.3, -0.25) is 14.6 Å². The van der Waals surface area contributed by atoms with Gasteiger partial charge < -0.3 is 20.9 Å². The van der Waals surface area contributed by atoms with Crippen LogP contribution in [-0.2, 0) is 17.5 Å². The summed E-state index contributed by atoms with van der Waals surface area (Å²) in [6.45, 7) is 0.0393. The van der Waals surface area contributed by atoms with Crippen molar-refractivity contribution in [1.29, 1.82) is 0 Å². The van der Waals surface area contributed by atoms with Gasteiger partial charge in [-0.2, -0.15) is 13.2 Å². The molecule has 4 N–H and O–H groups in total. The molecule has 1 fully saturated rings. The predicted octanol–water partition coefficient (Wildman–Crippen LogP) is 3.16. The molecule has 0 atom stereocenters. The number of nitrogens with zero attached hydrogens (tertiary/aromatic N) is 2. The van der Waals surface area contributed by atoms with Crippen molar-refractivity contribution in [2.75, 3.05) is 5.32 Å². The number of pyridine rings is 1. The van der Waals surface area contributed by atoms with Gasteiger partial charge in [0.25, 0.3) is 5.91 Å². The van der Waals surface area contributed by atoms with Crippen LogP contribution >= 0.6 is 11.6 Å². The Morgan fingerprint density at radius 2 is 1.89 bits per heavy atom. The van der Waals surface area contributed by atoms with Gasteiger partial charge in [0.2, 0.25) is 5.91 Å². The van der Waals surface area contributed by atoms with Gasteiger partial charge in [-0.05, 0) is 49.2 Å². The van der Waals surface area contributed by atoms with E-state index in [-0.39, 0.29) is 22.9 Å². The summed E-state index contributed by atoms with van der Waals surface area (Å²) >= 11 is 5.69. The van der Waals surface area contributed by atoms with Crippen LogP contribution in [0.1, 0.15) is 34.6 Å². The van der Waals surface area contributed by atoms with Crippen LogP contribution in [-0.4, -0.2) is 32.3 Å². The van der Waals surface area contributed by atoms with Crippen molar-refractivity contribution in [2.24, 2.45) is 0 Å². The van der Waals surface area contributed by atoms with Crippen molar-refractivity contribution >= 4 is 34.8 Å². The first kappa shape index (κ1) is 24.2. The molecule has 4 rings (SSSR count). The van der Waals surface area contributed by atoms with Gasteiger partial charge >= 0.3 is 11.9 Å². The smallest absolute Gasteiger partial charge is 0.354 e. The molecule has 182 valence electrons. The first-order chi connectivity index (χ1) is 16.6. The van der Waals surface area contributed by atoms with Gasteiger partial charge in [-0.1, -0.05) is 11.6 Å². The van der Waals surface area contributed by atoms with Crippen LogP contribution in [0.5, 0.6) is 0 Å². The normalized spacial score (nSPS) is 14.2. The Hall–Kier alpha value is -3.93. The molecule has 0 aliphatic heterocycles. The number of carbonyl (C=O) groups is 2. The Balaban J connectivity index is 1.35. The monoisotopic (exact) mass is 506 g/mol. The highest BCUT2D eigenvalue weighted by atomic mass is 35.5. The molecule has 1 aliphatic carbocycles. The number of amides is 2. The molecule has 9 nitrogen and oxygen atoms in total. The number of carbonyl (C=O) groups excluding carboxylic acids is 2. The summed E-state index contributed by atoms with van der Waals surface area (Å²) in [7, 11) is 0. The number of aromatic amines is 1. The zero-order chi connectivity index (χ0) is 25.2. The molecule has 2 amide bonds. The highest BCUT2D eigenvalue weighted by molar-refractivity contribution is 6.30. The molecule has 1 aromatic carbocycles. The van der Waals surface area contributed by atoms with Crippen LogP contribution < -0.4 is 21.6 Å². The second-order valence-electron chi connectivity index (χ2n) is 7.86. The summed E-state index contributed by atoms with van der Waals surface area (Å²) in [5, 5.41) is 7.95. The van der Waals surface area contributed by atoms with Gasteiger partial charge in [0, 0.05) is 11.2 Å². The molecule has 3 aromatic rings. The topological polar surface area (TPSA) is 129 Å². The number of benzene rings is 1. The molecule has 0 spiro atoms. The highest BCUT2D eigenvalue weighted by Gasteiger charge is 2.51. The van der Waals surface area contributed by atoms with E-state index in [1.165, 1.54) is 36.7 Å². The van der Waals surface area contributed by atoms with Crippen molar-refractivity contribution in [1.82, 2.24) is 25.6 Å². The lowest BCUT2D eigenvalue weighted by atomic mass is 10.1. The minimum absolute atomic E-state index is 0.0109. The van der Waals surface area contributed by atoms with Crippen molar-refractivity contribution in [2.45, 2.75) is 31.1 Å². The minimum atomic E-state index is -4.59. The summed E-state index contributed by atoms with van der Waals surface area (Å²) in [5.74, 6) is -1.02. The SMILES string of the molecule is O=C(NC1(C(=O)NCc2ccc(Nc3ccc(Cl)cc3C(F)(F)F)cn2)CC1)c1ccnc(=O)[nH]1. The minimum Gasteiger partial charge on any atom is -0.354 e. The molecule has 35 heavy (non-hydrogen) atoms. The molecular weight excluding hydrogens is 489 g/mol. The Bertz CT molecular complexity index is 1320. The van der Waals surface area contributed by atoms with Crippen LogP contribution in [0, 0.1) is 0 Å². The molecule has 0 radical (unpaired) electrons. The van der Waals surface area contributed by atoms with E-state index in [1.807, 2.05) is 0 Å². The summed E-state index contributed by atoms with van der Waals surface area (Å²) in [4.78, 5) is 46.1. The maximum atomic E-state index is 13.3. The molecule has 0 saturated heterocycles. The summed E-state index contributed by atoms with van der Waals surface area (Å²) in [6, 6.07) is 7.80. The lowest BCUT2D eigenvalue weighted by Gasteiger charge is -2.17. The number of nitrogens with one attached hydrogen (secondary N) is 4. The fourth-order valence-corrected chi connectivity index (χ4v) is 3.45. The number of aromatic nitrogens is 3. The summed E-state index contributed by atoms with van der Waals surface area (Å²) in [6.07, 6.45) is -1.21. The fourth-order valence-electron chi connectivity index (χ4n) is 3.28. The van der Waals surface area contributed by atoms with Gasteiger partial charge in [0.1, 0.15) is 11.2 Å². The van der Waals surface area contributed by atoms with E-state index >= 15 is 0 Å². The third-order valence-electron chi connectivity index (χ3n) is 5.28. The number of H-pyrrole nitrogens is 1. The van der Waals surface area contributed by atoms with Gasteiger partial charge in [-0.25, -0.2) is 9.78 Å². The number of halogens is 4. The zero-order valence-electron chi connectivity index (χ0n) is 17.9. The van der Waals surface area contributed by atoms with Crippen LogP contribution in [0.2, 0.25) is 5.02 Å². The van der Waals surface area contributed by atoms with Crippen molar-refractivity contribution in [3.05, 3.63) is 81.3 Å². The van der Waals surface area contributed by atoms with E-state index in [0.717, 1.165) is 6.07 Å². The molecule has 1 saturated carbocycles. The van der Waals surface area contributed by atoms with E-state index in [0.29, 0.717) is 24.2 Å². The lowest BCUT2D eigenvalue weighted by molar-refractivity contribution is -0.137. The summed E-state index contributed by atoms with van der Waals surface area (Å²) in [5.41, 5.74) is -2.09. The number of alkyl halides is 3. The van der Waals surface area contributed by atoms with Gasteiger partial charge in [-0.15, -0.1) is 0 Å². The van der Waals surface area contributed by atoms with Crippen molar-refractivity contribution in [3.8, 4) is 0 Å². The van der Waals surface area contributed by atoms with Crippen LogP contribution in [0.15, 0.2) is 53.6 Å². The second-order valence-corrected chi connectivity index (χ2v) is 8.29. The first-order valence-electron chi connectivity index (χ1n) is 10.3. The van der Waals surface area contributed by atoms with Gasteiger partial charge in [0.05, 0.1) is 35.4 Å². The predicted molar refractivity (Wildman–Crippen MR) is 120 cm³/mol. The third-order valence-corrected chi connectivity index (χ3v) is 5.51. The lowest BCUT2D eigenvalue weighted by Crippen LogP contribution is -2.49. The number of rotatable bonds is 7. The van der Waals surface area contributed by atoms with Crippen LogP contribution in [0.3, 0.4) is 0 Å². The Labute approximate surface area is 201 Å². The van der Waals surface area contributed by atoms with E-state index in [9.17, 15) is 27.6 Å². The Morgan fingerprint density at radius 3 is 2.51 bits per heavy atom. The molecule has 0 unspecified atom stereocenters. The van der Waals surface area contributed by atoms with Crippen LogP contribution in [0.4, 0.5) is 24.5 Å². The van der Waals surface area contributed by atoms with E-state index in [2.05, 4.69) is 30.9 Å². The quantitative estimate of drug-likeness (QED) is 0.389. The zero-order valence-corrected chi connectivity index (χ0v) is 18.6. The average molecular weight is 507 g/mol. The highest BCUT2D eigenvalue weighted by Crippen LogP contribution is 2.38. The first-order valence-corrected chi connectivity index (χ1v) is 10.7. The number of hydrogen-bond acceptors (Lipinski definition) is 6. The molecule has 0 bridgehead atoms. The van der Waals surface area contributed by atoms with E-state index < -0.39 is 34.8 Å². The Kier molecular flexibility index (Phi) is 6.48. The Morgan fingerprint density at radius 1 is 1.11 bits per heavy atom. The van der Waals surface area contributed by atoms with Gasteiger partial charge in [0.15, 0.2) is 0 Å². The van der Waals surface area contributed by atoms with E-state index in [4.69, 9.17) is 11.6 Å². The average Bonchev–Trinajstić information content (AvgIpc) is 3.59. The van der Waals surface area contributed by atoms with E-state index in [1.54, 1.807) is 6.07 Å². The molecule has 2 aromatic heterocycles. The number of anilines is 2. The standard InChI is InChI=1S/C22H18ClF3N6O3/c23-12-1-4-16(15(9-12)22(24,25)26)30-14-3-2-13(28-11-14)10-29-19(34)21(6-7-21)32-18(33)17-5-8-27-20(35)31-17/h1-5,8-9,11,30H,6-7,10H2,(H,29,34)(H,32,33)(H,27,31,35). The van der Waals surface area contributed by atoms with Crippen molar-refractivity contribution in [3.63, 3.8) is 0 Å². The van der Waals surface area contributed by atoms with Crippen molar-refractivity contribution < 1.29 is 22.8 Å².